The van der Waals surface area contributed by atoms with Gasteiger partial charge in [-0.1, -0.05) is 35.9 Å². The lowest BCUT2D eigenvalue weighted by Crippen LogP contribution is -2.36. The fourth-order valence-corrected chi connectivity index (χ4v) is 5.42. The molecule has 0 aliphatic rings. The van der Waals surface area contributed by atoms with Gasteiger partial charge in [0.2, 0.25) is 0 Å². The van der Waals surface area contributed by atoms with Gasteiger partial charge in [-0.05, 0) is 60.5 Å². The first-order chi connectivity index (χ1) is 21.1. The molecule has 15 nitrogen and oxygen atoms in total. The number of amides is 1. The number of alkyl halides is 3. The summed E-state index contributed by atoms with van der Waals surface area (Å²) in [6, 6.07) is 14.5. The molecule has 0 aliphatic carbocycles. The SMILES string of the molecule is Cc1ccc(-c2cc(C(F)(F)F)nn2-c2ccc(S(=O)(=O)N(C(=O)O)c3cc(CO[N+](=O)[O-])cc(CO[N+](=O)[O-])c3)cc2)cc1. The van der Waals surface area contributed by atoms with Crippen LogP contribution in [0, 0.1) is 27.2 Å². The zero-order valence-corrected chi connectivity index (χ0v) is 23.6. The third-order valence-corrected chi connectivity index (χ3v) is 7.80. The van der Waals surface area contributed by atoms with Crippen LogP contribution in [0.15, 0.2) is 77.7 Å². The van der Waals surface area contributed by atoms with E-state index in [0.717, 1.165) is 58.8 Å². The van der Waals surface area contributed by atoms with Crippen LogP contribution in [0.5, 0.6) is 0 Å². The molecule has 4 aromatic rings. The highest BCUT2D eigenvalue weighted by atomic mass is 32.2. The lowest BCUT2D eigenvalue weighted by molar-refractivity contribution is -0.763. The highest BCUT2D eigenvalue weighted by molar-refractivity contribution is 7.93. The molecule has 0 fully saturated rings. The number of hydrogen-bond donors (Lipinski definition) is 1. The third kappa shape index (κ3) is 7.44. The topological polar surface area (TPSA) is 197 Å². The van der Waals surface area contributed by atoms with Gasteiger partial charge < -0.3 is 14.8 Å². The second-order valence-corrected chi connectivity index (χ2v) is 11.0. The van der Waals surface area contributed by atoms with Gasteiger partial charge >= 0.3 is 12.3 Å². The van der Waals surface area contributed by atoms with E-state index < -0.39 is 62.0 Å². The van der Waals surface area contributed by atoms with Crippen molar-refractivity contribution in [1.29, 1.82) is 0 Å². The number of carbonyl (C=O) groups is 1. The average Bonchev–Trinajstić information content (AvgIpc) is 3.41. The number of aryl methyl sites for hydroxylation is 1. The molecule has 0 atom stereocenters. The largest absolute Gasteiger partial charge is 0.464 e. The van der Waals surface area contributed by atoms with E-state index in [9.17, 15) is 51.7 Å². The van der Waals surface area contributed by atoms with Crippen molar-refractivity contribution >= 4 is 21.8 Å². The first-order valence-corrected chi connectivity index (χ1v) is 13.8. The molecule has 0 saturated carbocycles. The Morgan fingerprint density at radius 3 is 1.93 bits per heavy atom. The summed E-state index contributed by atoms with van der Waals surface area (Å²) in [6.07, 6.45) is -6.81. The average molecular weight is 652 g/mol. The van der Waals surface area contributed by atoms with Gasteiger partial charge in [-0.2, -0.15) is 22.6 Å². The summed E-state index contributed by atoms with van der Waals surface area (Å²) >= 11 is 0. The minimum Gasteiger partial charge on any atom is -0.464 e. The fourth-order valence-electron chi connectivity index (χ4n) is 4.14. The summed E-state index contributed by atoms with van der Waals surface area (Å²) in [4.78, 5) is 41.4. The van der Waals surface area contributed by atoms with Crippen molar-refractivity contribution in [1.82, 2.24) is 9.78 Å². The maximum absolute atomic E-state index is 13.6. The predicted molar refractivity (Wildman–Crippen MR) is 146 cm³/mol. The van der Waals surface area contributed by atoms with Crippen LogP contribution in [0.3, 0.4) is 0 Å². The molecule has 236 valence electrons. The first-order valence-electron chi connectivity index (χ1n) is 12.4. The van der Waals surface area contributed by atoms with Crippen molar-refractivity contribution in [3.63, 3.8) is 0 Å². The van der Waals surface area contributed by atoms with Gasteiger partial charge in [0.1, 0.15) is 13.2 Å². The van der Waals surface area contributed by atoms with Gasteiger partial charge in [-0.3, -0.25) is 0 Å². The number of nitrogens with zero attached hydrogens (tertiary/aromatic N) is 5. The Bertz CT molecular complexity index is 1830. The van der Waals surface area contributed by atoms with Crippen molar-refractivity contribution < 1.29 is 51.3 Å². The second-order valence-electron chi connectivity index (χ2n) is 9.24. The highest BCUT2D eigenvalue weighted by Gasteiger charge is 2.36. The Kier molecular flexibility index (Phi) is 8.93. The van der Waals surface area contributed by atoms with Crippen molar-refractivity contribution in [3.8, 4) is 16.9 Å². The fraction of sp³-hybridized carbons (Fsp3) is 0.154. The van der Waals surface area contributed by atoms with Crippen LogP contribution in [0.4, 0.5) is 23.7 Å². The van der Waals surface area contributed by atoms with Crippen molar-refractivity contribution in [2.45, 2.75) is 31.2 Å². The molecule has 4 rings (SSSR count). The predicted octanol–water partition coefficient (Wildman–Crippen LogP) is 5.16. The summed E-state index contributed by atoms with van der Waals surface area (Å²) in [7, 11) is -4.96. The Morgan fingerprint density at radius 2 is 1.47 bits per heavy atom. The molecular weight excluding hydrogens is 631 g/mol. The maximum Gasteiger partial charge on any atom is 0.435 e. The summed E-state index contributed by atoms with van der Waals surface area (Å²) in [5, 5.41) is 32.5. The molecule has 0 bridgehead atoms. The van der Waals surface area contributed by atoms with E-state index in [-0.39, 0.29) is 26.8 Å². The molecule has 19 heteroatoms. The molecule has 0 spiro atoms. The third-order valence-electron chi connectivity index (χ3n) is 6.09. The van der Waals surface area contributed by atoms with Crippen molar-refractivity contribution in [2.24, 2.45) is 0 Å². The van der Waals surface area contributed by atoms with Gasteiger partial charge in [0.15, 0.2) is 5.69 Å². The molecule has 0 saturated heterocycles. The lowest BCUT2D eigenvalue weighted by Gasteiger charge is -2.21. The molecule has 0 aliphatic heterocycles. The molecule has 45 heavy (non-hydrogen) atoms. The second kappa shape index (κ2) is 12.5. The van der Waals surface area contributed by atoms with Gasteiger partial charge in [0, 0.05) is 5.56 Å². The Hall–Kier alpha value is -5.72. The molecule has 1 aromatic heterocycles. The smallest absolute Gasteiger partial charge is 0.435 e. The quantitative estimate of drug-likeness (QED) is 0.166. The number of aromatic nitrogens is 2. The monoisotopic (exact) mass is 651 g/mol. The van der Waals surface area contributed by atoms with Gasteiger partial charge in [0.05, 0.1) is 22.0 Å². The minimum atomic E-state index is -4.96. The lowest BCUT2D eigenvalue weighted by atomic mass is 10.1. The van der Waals surface area contributed by atoms with Crippen LogP contribution in [0.2, 0.25) is 0 Å². The molecule has 1 N–H and O–H groups in total. The van der Waals surface area contributed by atoms with E-state index >= 15 is 0 Å². The summed E-state index contributed by atoms with van der Waals surface area (Å²) in [5.74, 6) is 0. The van der Waals surface area contributed by atoms with E-state index in [4.69, 9.17) is 0 Å². The summed E-state index contributed by atoms with van der Waals surface area (Å²) in [6.45, 7) is 0.267. The van der Waals surface area contributed by atoms with Crippen LogP contribution in [-0.4, -0.2) is 39.6 Å². The van der Waals surface area contributed by atoms with Crippen LogP contribution in [0.1, 0.15) is 22.4 Å². The maximum atomic E-state index is 13.6. The standard InChI is InChI=1S/C26H20F3N5O10S/c1-16-2-4-19(5-3-16)23-13-24(26(27,28)29)30-31(23)20-6-8-22(9-7-20)45(41,42)32(25(35)36)21-11-17(14-43-33(37)38)10-18(12-21)15-44-34(39)40/h2-13H,14-15H2,1H3,(H,35,36). The number of anilines is 1. The van der Waals surface area contributed by atoms with Crippen LogP contribution < -0.4 is 4.31 Å². The van der Waals surface area contributed by atoms with Crippen LogP contribution >= 0.6 is 0 Å². The zero-order chi connectivity index (χ0) is 33.1. The van der Waals surface area contributed by atoms with E-state index in [1.165, 1.54) is 0 Å². The van der Waals surface area contributed by atoms with Gasteiger partial charge in [-0.15, -0.1) is 20.2 Å². The van der Waals surface area contributed by atoms with E-state index in [2.05, 4.69) is 14.8 Å². The molecule has 1 heterocycles. The Labute approximate surface area is 250 Å². The number of sulfonamides is 1. The number of hydrogen-bond acceptors (Lipinski definition) is 10. The first kappa shape index (κ1) is 32.2. The van der Waals surface area contributed by atoms with Gasteiger partial charge in [0.25, 0.3) is 20.2 Å². The summed E-state index contributed by atoms with van der Waals surface area (Å²) < 4.78 is 68.6. The molecule has 3 aromatic carbocycles. The van der Waals surface area contributed by atoms with E-state index in [1.807, 2.05) is 0 Å². The highest BCUT2D eigenvalue weighted by Crippen LogP contribution is 2.34. The Balaban J connectivity index is 1.76. The molecule has 0 radical (unpaired) electrons. The van der Waals surface area contributed by atoms with Gasteiger partial charge in [-0.25, -0.2) is 17.9 Å². The van der Waals surface area contributed by atoms with Crippen molar-refractivity contribution in [3.05, 3.63) is 115 Å². The van der Waals surface area contributed by atoms with Crippen molar-refractivity contribution in [2.75, 3.05) is 4.31 Å². The van der Waals surface area contributed by atoms with Crippen LogP contribution in [0.25, 0.3) is 16.9 Å². The van der Waals surface area contributed by atoms with E-state index in [1.54, 1.807) is 31.2 Å². The van der Waals surface area contributed by atoms with Crippen LogP contribution in [-0.2, 0) is 39.1 Å². The number of benzene rings is 3. The number of carboxylic acid groups (broad SMARTS) is 1. The molecule has 0 unspecified atom stereocenters. The zero-order valence-electron chi connectivity index (χ0n) is 22.7. The number of halogens is 3. The van der Waals surface area contributed by atoms with E-state index in [0.29, 0.717) is 5.56 Å². The molecule has 1 amide bonds. The normalized spacial score (nSPS) is 11.6. The Morgan fingerprint density at radius 1 is 0.933 bits per heavy atom. The number of rotatable bonds is 11. The summed E-state index contributed by atoms with van der Waals surface area (Å²) in [5.41, 5.74) is -0.729. The molecular formula is C26H20F3N5O10S. The minimum absolute atomic E-state index is 0.0139.